The summed E-state index contributed by atoms with van der Waals surface area (Å²) < 4.78 is 0. The predicted molar refractivity (Wildman–Crippen MR) is 80.7 cm³/mol. The van der Waals surface area contributed by atoms with Crippen molar-refractivity contribution >= 4 is 15.9 Å². The fourth-order valence-electron chi connectivity index (χ4n) is 1.98. The zero-order valence-electron chi connectivity index (χ0n) is 11.5. The van der Waals surface area contributed by atoms with Gasteiger partial charge in [0.1, 0.15) is 0 Å². The van der Waals surface area contributed by atoms with Crippen molar-refractivity contribution in [3.63, 3.8) is 0 Å². The van der Waals surface area contributed by atoms with E-state index in [0.717, 1.165) is 11.8 Å². The second kappa shape index (κ2) is 7.20. The van der Waals surface area contributed by atoms with Crippen LogP contribution < -0.4 is 0 Å². The predicted octanol–water partition coefficient (Wildman–Crippen LogP) is 5.76. The van der Waals surface area contributed by atoms with Crippen LogP contribution in [0.4, 0.5) is 0 Å². The van der Waals surface area contributed by atoms with E-state index >= 15 is 0 Å². The minimum Gasteiger partial charge on any atom is -0.0839 e. The number of hydrogen-bond donors (Lipinski definition) is 0. The molecule has 0 aromatic heterocycles. The van der Waals surface area contributed by atoms with Gasteiger partial charge < -0.3 is 0 Å². The number of alkyl halides is 1. The van der Waals surface area contributed by atoms with Gasteiger partial charge in [-0.1, -0.05) is 67.9 Å². The molecule has 0 saturated carbocycles. The third-order valence-corrected chi connectivity index (χ3v) is 3.97. The summed E-state index contributed by atoms with van der Waals surface area (Å²) in [5.41, 5.74) is 2.87. The molecule has 1 rings (SSSR count). The van der Waals surface area contributed by atoms with E-state index in [1.165, 1.54) is 30.4 Å². The molecule has 0 aliphatic carbocycles. The van der Waals surface area contributed by atoms with Crippen LogP contribution in [0.2, 0.25) is 0 Å². The summed E-state index contributed by atoms with van der Waals surface area (Å²) in [5, 5.41) is 0. The molecule has 0 fully saturated rings. The summed E-state index contributed by atoms with van der Waals surface area (Å²) in [6.07, 6.45) is 3.68. The van der Waals surface area contributed by atoms with Crippen LogP contribution in [0.3, 0.4) is 0 Å². The topological polar surface area (TPSA) is 0 Å². The fraction of sp³-hybridized carbons (Fsp3) is 0.625. The van der Waals surface area contributed by atoms with Gasteiger partial charge in [0.05, 0.1) is 0 Å². The van der Waals surface area contributed by atoms with Gasteiger partial charge in [-0.25, -0.2) is 0 Å². The van der Waals surface area contributed by atoms with Crippen LogP contribution in [0.1, 0.15) is 56.5 Å². The maximum Gasteiger partial charge on any atom is 0.0395 e. The highest BCUT2D eigenvalue weighted by molar-refractivity contribution is 9.09. The lowest BCUT2D eigenvalue weighted by Crippen LogP contribution is -1.97. The maximum absolute atomic E-state index is 3.79. The lowest BCUT2D eigenvalue weighted by atomic mass is 9.98. The summed E-state index contributed by atoms with van der Waals surface area (Å²) in [7, 11) is 0. The third kappa shape index (κ3) is 5.72. The Labute approximate surface area is 115 Å². The lowest BCUT2D eigenvalue weighted by molar-refractivity contribution is 0.554. The van der Waals surface area contributed by atoms with Gasteiger partial charge in [0, 0.05) is 4.83 Å². The van der Waals surface area contributed by atoms with E-state index in [4.69, 9.17) is 0 Å². The zero-order valence-corrected chi connectivity index (χ0v) is 13.1. The molecule has 1 aromatic carbocycles. The van der Waals surface area contributed by atoms with E-state index < -0.39 is 0 Å². The third-order valence-electron chi connectivity index (χ3n) is 2.98. The van der Waals surface area contributed by atoms with Crippen molar-refractivity contribution in [3.05, 3.63) is 35.4 Å². The van der Waals surface area contributed by atoms with Crippen LogP contribution >= 0.6 is 15.9 Å². The molecular formula is C16H25Br. The Morgan fingerprint density at radius 3 is 1.94 bits per heavy atom. The van der Waals surface area contributed by atoms with Crippen LogP contribution in [0.25, 0.3) is 0 Å². The van der Waals surface area contributed by atoms with Crippen LogP contribution in [-0.4, -0.2) is 0 Å². The van der Waals surface area contributed by atoms with Gasteiger partial charge in [-0.05, 0) is 42.2 Å². The molecule has 0 aliphatic heterocycles. The average Bonchev–Trinajstić information content (AvgIpc) is 2.26. The van der Waals surface area contributed by atoms with Crippen molar-refractivity contribution in [1.82, 2.24) is 0 Å². The molecule has 0 spiro atoms. The van der Waals surface area contributed by atoms with Gasteiger partial charge >= 0.3 is 0 Å². The molecule has 0 amide bonds. The molecule has 1 atom stereocenters. The van der Waals surface area contributed by atoms with Crippen LogP contribution in [0.5, 0.6) is 0 Å². The largest absolute Gasteiger partial charge is 0.0839 e. The maximum atomic E-state index is 3.79. The highest BCUT2D eigenvalue weighted by atomic mass is 79.9. The lowest BCUT2D eigenvalue weighted by Gasteiger charge is -2.13. The molecule has 96 valence electrons. The first-order chi connectivity index (χ1) is 7.99. The van der Waals surface area contributed by atoms with E-state index in [9.17, 15) is 0 Å². The Hall–Kier alpha value is -0.300. The van der Waals surface area contributed by atoms with Crippen molar-refractivity contribution in [2.24, 2.45) is 11.8 Å². The molecule has 0 nitrogen and oxygen atoms in total. The Bertz CT molecular complexity index is 311. The van der Waals surface area contributed by atoms with Crippen molar-refractivity contribution in [2.45, 2.75) is 51.8 Å². The van der Waals surface area contributed by atoms with Crippen LogP contribution in [0.15, 0.2) is 24.3 Å². The van der Waals surface area contributed by atoms with E-state index in [0.29, 0.717) is 4.83 Å². The second-order valence-corrected chi connectivity index (χ2v) is 6.88. The highest BCUT2D eigenvalue weighted by Gasteiger charge is 2.08. The molecule has 0 bridgehead atoms. The minimum absolute atomic E-state index is 0.512. The van der Waals surface area contributed by atoms with Gasteiger partial charge in [0.15, 0.2) is 0 Å². The SMILES string of the molecule is CC(C)CCC(Br)c1ccc(CC(C)C)cc1. The second-order valence-electron chi connectivity index (χ2n) is 5.78. The quantitative estimate of drug-likeness (QED) is 0.586. The normalized spacial score (nSPS) is 13.4. The van der Waals surface area contributed by atoms with E-state index in [-0.39, 0.29) is 0 Å². The van der Waals surface area contributed by atoms with Crippen molar-refractivity contribution < 1.29 is 0 Å². The van der Waals surface area contributed by atoms with Gasteiger partial charge in [-0.2, -0.15) is 0 Å². The highest BCUT2D eigenvalue weighted by Crippen LogP contribution is 2.29. The summed E-state index contributed by atoms with van der Waals surface area (Å²) in [5.74, 6) is 1.52. The monoisotopic (exact) mass is 296 g/mol. The molecule has 0 N–H and O–H groups in total. The molecule has 0 aliphatic rings. The number of hydrogen-bond acceptors (Lipinski definition) is 0. The van der Waals surface area contributed by atoms with Gasteiger partial charge in [-0.3, -0.25) is 0 Å². The summed E-state index contributed by atoms with van der Waals surface area (Å²) in [4.78, 5) is 0.512. The molecule has 1 heteroatoms. The van der Waals surface area contributed by atoms with Gasteiger partial charge in [0.2, 0.25) is 0 Å². The fourth-order valence-corrected chi connectivity index (χ4v) is 2.55. The van der Waals surface area contributed by atoms with Gasteiger partial charge in [-0.15, -0.1) is 0 Å². The minimum atomic E-state index is 0.512. The summed E-state index contributed by atoms with van der Waals surface area (Å²) >= 11 is 3.79. The Morgan fingerprint density at radius 1 is 0.882 bits per heavy atom. The summed E-state index contributed by atoms with van der Waals surface area (Å²) in [6.45, 7) is 9.10. The van der Waals surface area contributed by atoms with Gasteiger partial charge in [0.25, 0.3) is 0 Å². The molecular weight excluding hydrogens is 272 g/mol. The standard InChI is InChI=1S/C16H25Br/c1-12(2)5-10-16(17)15-8-6-14(7-9-15)11-13(3)4/h6-9,12-13,16H,5,10-11H2,1-4H3. The van der Waals surface area contributed by atoms with Crippen LogP contribution in [0, 0.1) is 11.8 Å². The molecule has 0 radical (unpaired) electrons. The number of halogens is 1. The number of benzene rings is 1. The zero-order chi connectivity index (χ0) is 12.8. The first-order valence-corrected chi connectivity index (χ1v) is 7.63. The molecule has 1 aromatic rings. The molecule has 17 heavy (non-hydrogen) atoms. The Morgan fingerprint density at radius 2 is 1.47 bits per heavy atom. The summed E-state index contributed by atoms with van der Waals surface area (Å²) in [6, 6.07) is 9.10. The smallest absolute Gasteiger partial charge is 0.0395 e. The van der Waals surface area contributed by atoms with E-state index in [1.807, 2.05) is 0 Å². The average molecular weight is 297 g/mol. The molecule has 0 heterocycles. The molecule has 0 saturated heterocycles. The van der Waals surface area contributed by atoms with E-state index in [2.05, 4.69) is 67.9 Å². The van der Waals surface area contributed by atoms with Crippen molar-refractivity contribution in [1.29, 1.82) is 0 Å². The molecule has 1 unspecified atom stereocenters. The van der Waals surface area contributed by atoms with Crippen molar-refractivity contribution in [3.8, 4) is 0 Å². The Kier molecular flexibility index (Phi) is 6.26. The first-order valence-electron chi connectivity index (χ1n) is 6.72. The first kappa shape index (κ1) is 14.8. The van der Waals surface area contributed by atoms with Crippen molar-refractivity contribution in [2.75, 3.05) is 0 Å². The van der Waals surface area contributed by atoms with E-state index in [1.54, 1.807) is 0 Å². The van der Waals surface area contributed by atoms with Crippen LogP contribution in [-0.2, 0) is 6.42 Å². The Balaban J connectivity index is 2.54. The number of rotatable bonds is 6.